The van der Waals surface area contributed by atoms with Crippen molar-refractivity contribution in [2.45, 2.75) is 44.7 Å². The molecule has 0 aliphatic heterocycles. The maximum atomic E-state index is 12.3. The van der Waals surface area contributed by atoms with E-state index in [4.69, 9.17) is 21.4 Å². The Morgan fingerprint density at radius 1 is 1.31 bits per heavy atom. The number of H-pyrrole nitrogens is 1. The van der Waals surface area contributed by atoms with Crippen LogP contribution in [0.3, 0.4) is 0 Å². The number of carboxylic acid groups (broad SMARTS) is 2. The second kappa shape index (κ2) is 16.5. The summed E-state index contributed by atoms with van der Waals surface area (Å²) in [5, 5.41) is 32.4. The number of carboxylic acids is 2. The summed E-state index contributed by atoms with van der Waals surface area (Å²) in [4.78, 5) is 42.8. The summed E-state index contributed by atoms with van der Waals surface area (Å²) in [5.41, 5.74) is 11.2. The van der Waals surface area contributed by atoms with Crippen molar-refractivity contribution in [2.24, 2.45) is 16.5 Å². The smallest absolute Gasteiger partial charge is 0.861 e. The standard InChI is InChI=1S/C14H24N6O4.C2H4O2.Cu/c15-4-2-1-3-10(14(23)24)20-13(22)11(19-12(21)6-16)5-9-7-17-8-18-9;1-2(3)4;/h7-8,10-11H,1-6,15-16H2,(H,17,18)(H,19,21)(H,20,22)(H,23,24);1H3,(H,3,4);/q;;+2/p-2/t10-,11-;;/m0../s1. The van der Waals surface area contributed by atoms with Gasteiger partial charge in [-0.05, 0) is 31.7 Å². The van der Waals surface area contributed by atoms with Crippen LogP contribution in [0.1, 0.15) is 31.9 Å². The van der Waals surface area contributed by atoms with Crippen molar-refractivity contribution in [3.63, 3.8) is 0 Å². The number of unbranched alkanes of at least 4 members (excludes halogenated alkanes) is 1. The Labute approximate surface area is 178 Å². The van der Waals surface area contributed by atoms with Crippen molar-refractivity contribution in [2.75, 3.05) is 13.1 Å². The van der Waals surface area contributed by atoms with Crippen molar-refractivity contribution in [3.8, 4) is 0 Å². The summed E-state index contributed by atoms with van der Waals surface area (Å²) in [5.74, 6) is -3.57. The first-order valence-corrected chi connectivity index (χ1v) is 8.53. The van der Waals surface area contributed by atoms with Gasteiger partial charge in [-0.3, -0.25) is 14.6 Å². The molecule has 1 aromatic heterocycles. The number of nitrogens with one attached hydrogen (secondary N) is 2. The van der Waals surface area contributed by atoms with Gasteiger partial charge in [0.15, 0.2) is 0 Å². The van der Waals surface area contributed by atoms with Crippen LogP contribution in [-0.4, -0.2) is 64.0 Å². The summed E-state index contributed by atoms with van der Waals surface area (Å²) < 4.78 is 0. The maximum Gasteiger partial charge on any atom is 2.00 e. The van der Waals surface area contributed by atoms with Gasteiger partial charge in [0, 0.05) is 31.8 Å². The molecule has 0 aliphatic carbocycles. The normalized spacial score (nSPS) is 12.6. The van der Waals surface area contributed by atoms with Gasteiger partial charge in [-0.25, -0.2) is 4.98 Å². The van der Waals surface area contributed by atoms with Crippen LogP contribution in [0.5, 0.6) is 0 Å². The number of hydrogen-bond donors (Lipinski definition) is 5. The summed E-state index contributed by atoms with van der Waals surface area (Å²) in [6, 6.07) is -2.27. The molecule has 1 amide bonds. The van der Waals surface area contributed by atoms with E-state index in [2.05, 4.69) is 20.3 Å². The SMILES string of the molecule is CC(=O)O.NCCCC[C@H](NC(=O)[C@H](Cc1cnc[nH]1)N=C([O-])CN)C(=O)[O-].[Cu+2]. The molecule has 1 radical (unpaired) electrons. The number of imidazole rings is 1. The zero-order chi connectivity index (χ0) is 21.5. The van der Waals surface area contributed by atoms with Crippen LogP contribution in [0.25, 0.3) is 0 Å². The Balaban J connectivity index is 0. The average Bonchev–Trinajstić information content (AvgIpc) is 3.12. The Morgan fingerprint density at radius 3 is 2.38 bits per heavy atom. The Morgan fingerprint density at radius 2 is 1.93 bits per heavy atom. The molecule has 0 saturated carbocycles. The topological polar surface area (TPSA) is 223 Å². The molecule has 12 nitrogen and oxygen atoms in total. The third-order valence-electron chi connectivity index (χ3n) is 3.29. The van der Waals surface area contributed by atoms with Crippen molar-refractivity contribution >= 4 is 23.7 Å². The number of hydrogen-bond acceptors (Lipinski definition) is 9. The number of aliphatic imine (C=N–C) groups is 1. The molecular formula is C16H26CuN6O6. The first-order chi connectivity index (χ1) is 13.2. The minimum Gasteiger partial charge on any atom is -0.861 e. The van der Waals surface area contributed by atoms with E-state index in [-0.39, 0.29) is 36.5 Å². The van der Waals surface area contributed by atoms with E-state index in [0.29, 0.717) is 25.1 Å². The van der Waals surface area contributed by atoms with E-state index < -0.39 is 35.8 Å². The first kappa shape index (κ1) is 28.7. The molecule has 0 fully saturated rings. The van der Waals surface area contributed by atoms with E-state index >= 15 is 0 Å². The van der Waals surface area contributed by atoms with Gasteiger partial charge >= 0.3 is 17.1 Å². The van der Waals surface area contributed by atoms with Gasteiger partial charge in [-0.1, -0.05) is 0 Å². The Kier molecular flexibility index (Phi) is 16.3. The van der Waals surface area contributed by atoms with Crippen molar-refractivity contribution in [3.05, 3.63) is 18.2 Å². The number of carbonyl (C=O) groups is 3. The molecule has 1 rings (SSSR count). The molecule has 0 saturated heterocycles. The first-order valence-electron chi connectivity index (χ1n) is 8.53. The van der Waals surface area contributed by atoms with Crippen LogP contribution in [0.15, 0.2) is 17.5 Å². The van der Waals surface area contributed by atoms with Gasteiger partial charge in [-0.15, -0.1) is 0 Å². The third-order valence-corrected chi connectivity index (χ3v) is 3.29. The second-order valence-corrected chi connectivity index (χ2v) is 5.71. The number of amides is 1. The molecular weight excluding hydrogens is 436 g/mol. The largest absolute Gasteiger partial charge is 2.00 e. The number of nitrogens with two attached hydrogens (primary N) is 2. The minimum absolute atomic E-state index is 0. The van der Waals surface area contributed by atoms with Gasteiger partial charge < -0.3 is 41.9 Å². The fourth-order valence-corrected chi connectivity index (χ4v) is 2.04. The number of aromatic amines is 1. The van der Waals surface area contributed by atoms with Crippen molar-refractivity contribution in [1.82, 2.24) is 15.3 Å². The van der Waals surface area contributed by atoms with Crippen molar-refractivity contribution < 1.29 is 46.8 Å². The predicted octanol–water partition coefficient (Wildman–Crippen LogP) is -3.51. The van der Waals surface area contributed by atoms with Gasteiger partial charge in [0.05, 0.1) is 18.3 Å². The van der Waals surface area contributed by atoms with Crippen LogP contribution in [0.2, 0.25) is 0 Å². The van der Waals surface area contributed by atoms with E-state index in [1.807, 2.05) is 0 Å². The van der Waals surface area contributed by atoms with E-state index in [9.17, 15) is 19.8 Å². The van der Waals surface area contributed by atoms with Crippen LogP contribution in [-0.2, 0) is 37.9 Å². The minimum atomic E-state index is -1.40. The molecule has 0 aromatic carbocycles. The van der Waals surface area contributed by atoms with Gasteiger partial charge in [0.1, 0.15) is 6.04 Å². The fraction of sp³-hybridized carbons (Fsp3) is 0.562. The van der Waals surface area contributed by atoms with Gasteiger partial charge in [0.25, 0.3) is 5.97 Å². The third kappa shape index (κ3) is 14.2. The van der Waals surface area contributed by atoms with Crippen molar-refractivity contribution in [1.29, 1.82) is 0 Å². The molecule has 167 valence electrons. The van der Waals surface area contributed by atoms with Crippen LogP contribution in [0, 0.1) is 0 Å². The average molecular weight is 462 g/mol. The monoisotopic (exact) mass is 461 g/mol. The molecule has 1 aromatic rings. The molecule has 29 heavy (non-hydrogen) atoms. The molecule has 0 spiro atoms. The summed E-state index contributed by atoms with van der Waals surface area (Å²) in [7, 11) is 0. The van der Waals surface area contributed by atoms with E-state index in [1.54, 1.807) is 0 Å². The van der Waals surface area contributed by atoms with Crippen LogP contribution >= 0.6 is 0 Å². The number of rotatable bonds is 11. The number of nitrogens with zero attached hydrogens (tertiary/aromatic N) is 2. The fourth-order valence-electron chi connectivity index (χ4n) is 2.04. The Hall–Kier alpha value is -2.47. The molecule has 7 N–H and O–H groups in total. The zero-order valence-electron chi connectivity index (χ0n) is 15.9. The predicted molar refractivity (Wildman–Crippen MR) is 95.7 cm³/mol. The number of aliphatic carboxylic acids is 2. The molecule has 1 heterocycles. The van der Waals surface area contributed by atoms with Gasteiger partial charge in [0.2, 0.25) is 5.91 Å². The summed E-state index contributed by atoms with van der Waals surface area (Å²) >= 11 is 0. The van der Waals surface area contributed by atoms with Crippen LogP contribution < -0.4 is 27.0 Å². The molecule has 0 aliphatic rings. The second-order valence-electron chi connectivity index (χ2n) is 5.71. The zero-order valence-corrected chi connectivity index (χ0v) is 16.8. The van der Waals surface area contributed by atoms with E-state index in [0.717, 1.165) is 6.92 Å². The van der Waals surface area contributed by atoms with Gasteiger partial charge in [-0.2, -0.15) is 0 Å². The Bertz CT molecular complexity index is 636. The molecule has 13 heteroatoms. The summed E-state index contributed by atoms with van der Waals surface area (Å²) in [6.07, 6.45) is 4.33. The molecule has 2 atom stereocenters. The van der Waals surface area contributed by atoms with E-state index in [1.165, 1.54) is 12.5 Å². The maximum absolute atomic E-state index is 12.3. The quantitative estimate of drug-likeness (QED) is 0.0951. The van der Waals surface area contributed by atoms with Crippen LogP contribution in [0.4, 0.5) is 0 Å². The summed E-state index contributed by atoms with van der Waals surface area (Å²) in [6.45, 7) is 1.17. The molecule has 0 unspecified atom stereocenters. The number of carbonyl (C=O) groups excluding carboxylic acids is 2. The molecule has 0 bridgehead atoms. The number of aromatic nitrogens is 2.